The van der Waals surface area contributed by atoms with Gasteiger partial charge in [-0.3, -0.25) is 4.79 Å². The molecule has 1 aliphatic carbocycles. The van der Waals surface area contributed by atoms with Gasteiger partial charge in [0.05, 0.1) is 6.10 Å². The van der Waals surface area contributed by atoms with Crippen molar-refractivity contribution in [2.75, 3.05) is 6.54 Å². The smallest absolute Gasteiger partial charge is 0.248 e. The number of halogens is 2. The second kappa shape index (κ2) is 6.45. The molecule has 106 valence electrons. The zero-order valence-electron chi connectivity index (χ0n) is 11.1. The second-order valence-corrected chi connectivity index (χ2v) is 5.66. The Labute approximate surface area is 107 Å². The predicted octanol–water partition coefficient (Wildman–Crippen LogP) is 2.34. The second-order valence-electron chi connectivity index (χ2n) is 5.66. The van der Waals surface area contributed by atoms with Crippen LogP contribution in [0.15, 0.2) is 0 Å². The summed E-state index contributed by atoms with van der Waals surface area (Å²) >= 11 is 0. The highest BCUT2D eigenvalue weighted by Gasteiger charge is 2.37. The summed E-state index contributed by atoms with van der Waals surface area (Å²) in [4.78, 5) is 11.7. The zero-order valence-corrected chi connectivity index (χ0v) is 11.1. The zero-order chi connectivity index (χ0) is 13.8. The molecule has 5 heteroatoms. The van der Waals surface area contributed by atoms with Gasteiger partial charge < -0.3 is 10.4 Å². The van der Waals surface area contributed by atoms with E-state index in [9.17, 15) is 18.7 Å². The van der Waals surface area contributed by atoms with E-state index in [0.29, 0.717) is 12.3 Å². The summed E-state index contributed by atoms with van der Waals surface area (Å²) in [6.45, 7) is 4.20. The highest BCUT2D eigenvalue weighted by atomic mass is 19.3. The topological polar surface area (TPSA) is 49.3 Å². The lowest BCUT2D eigenvalue weighted by Gasteiger charge is -2.27. The summed E-state index contributed by atoms with van der Waals surface area (Å²) in [7, 11) is 0. The number of carbonyl (C=O) groups is 1. The number of hydrogen-bond acceptors (Lipinski definition) is 2. The average molecular weight is 263 g/mol. The quantitative estimate of drug-likeness (QED) is 0.800. The van der Waals surface area contributed by atoms with E-state index in [2.05, 4.69) is 5.32 Å². The first-order valence-electron chi connectivity index (χ1n) is 6.64. The maximum atomic E-state index is 12.9. The van der Waals surface area contributed by atoms with E-state index in [4.69, 9.17) is 0 Å². The minimum absolute atomic E-state index is 0.201. The van der Waals surface area contributed by atoms with Crippen molar-refractivity contribution < 1.29 is 18.7 Å². The number of amides is 1. The van der Waals surface area contributed by atoms with Gasteiger partial charge in [0.25, 0.3) is 0 Å². The first-order chi connectivity index (χ1) is 8.30. The van der Waals surface area contributed by atoms with Crippen LogP contribution in [0.4, 0.5) is 8.78 Å². The molecule has 1 amide bonds. The van der Waals surface area contributed by atoms with Crippen LogP contribution in [0.3, 0.4) is 0 Å². The van der Waals surface area contributed by atoms with E-state index in [1.807, 2.05) is 13.8 Å². The SMILES string of the molecule is CC(C)CC(O)CNC(=O)C1CCC(F)(F)CC1. The highest BCUT2D eigenvalue weighted by molar-refractivity contribution is 5.78. The van der Waals surface area contributed by atoms with Gasteiger partial charge in [0.2, 0.25) is 11.8 Å². The molecule has 0 aromatic carbocycles. The van der Waals surface area contributed by atoms with Crippen molar-refractivity contribution in [3.63, 3.8) is 0 Å². The number of aliphatic hydroxyl groups excluding tert-OH is 1. The lowest BCUT2D eigenvalue weighted by Crippen LogP contribution is -2.39. The Balaban J connectivity index is 2.25. The lowest BCUT2D eigenvalue weighted by atomic mass is 9.86. The molecule has 0 bridgehead atoms. The largest absolute Gasteiger partial charge is 0.391 e. The molecule has 0 aromatic heterocycles. The molecule has 0 aromatic rings. The number of nitrogens with one attached hydrogen (secondary N) is 1. The summed E-state index contributed by atoms with van der Waals surface area (Å²) in [5, 5.41) is 12.3. The molecule has 0 spiro atoms. The molecule has 0 radical (unpaired) electrons. The fraction of sp³-hybridized carbons (Fsp3) is 0.923. The van der Waals surface area contributed by atoms with Crippen LogP contribution in [-0.4, -0.2) is 29.6 Å². The minimum atomic E-state index is -2.60. The Bertz CT molecular complexity index is 272. The monoisotopic (exact) mass is 263 g/mol. The Morgan fingerprint density at radius 1 is 1.39 bits per heavy atom. The van der Waals surface area contributed by atoms with Gasteiger partial charge in [-0.25, -0.2) is 8.78 Å². The van der Waals surface area contributed by atoms with Gasteiger partial charge in [0.1, 0.15) is 0 Å². The summed E-state index contributed by atoms with van der Waals surface area (Å²) in [6.07, 6.45) is 0.125. The highest BCUT2D eigenvalue weighted by Crippen LogP contribution is 2.36. The van der Waals surface area contributed by atoms with Crippen LogP contribution in [-0.2, 0) is 4.79 Å². The van der Waals surface area contributed by atoms with Crippen LogP contribution < -0.4 is 5.32 Å². The number of carbonyl (C=O) groups excluding carboxylic acids is 1. The van der Waals surface area contributed by atoms with Gasteiger partial charge in [-0.2, -0.15) is 0 Å². The molecular weight excluding hydrogens is 240 g/mol. The fourth-order valence-electron chi connectivity index (χ4n) is 2.29. The number of rotatable bonds is 5. The van der Waals surface area contributed by atoms with Gasteiger partial charge in [-0.05, 0) is 25.2 Å². The van der Waals surface area contributed by atoms with Crippen molar-refractivity contribution in [2.45, 2.75) is 58.0 Å². The molecule has 1 rings (SSSR count). The molecule has 1 fully saturated rings. The first-order valence-corrected chi connectivity index (χ1v) is 6.64. The van der Waals surface area contributed by atoms with Crippen LogP contribution in [0.2, 0.25) is 0 Å². The molecule has 0 heterocycles. The fourth-order valence-corrected chi connectivity index (χ4v) is 2.29. The summed E-state index contributed by atoms with van der Waals surface area (Å²) in [5.41, 5.74) is 0. The third-order valence-electron chi connectivity index (χ3n) is 3.34. The third-order valence-corrected chi connectivity index (χ3v) is 3.34. The van der Waals surface area contributed by atoms with E-state index in [-0.39, 0.29) is 44.1 Å². The summed E-state index contributed by atoms with van der Waals surface area (Å²) < 4.78 is 25.9. The lowest BCUT2D eigenvalue weighted by molar-refractivity contribution is -0.129. The van der Waals surface area contributed by atoms with Crippen molar-refractivity contribution >= 4 is 5.91 Å². The van der Waals surface area contributed by atoms with Crippen molar-refractivity contribution in [1.82, 2.24) is 5.32 Å². The molecule has 1 unspecified atom stereocenters. The Morgan fingerprint density at radius 2 is 1.94 bits per heavy atom. The Kier molecular flexibility index (Phi) is 5.50. The van der Waals surface area contributed by atoms with Gasteiger partial charge in [0, 0.05) is 25.3 Å². The van der Waals surface area contributed by atoms with E-state index >= 15 is 0 Å². The minimum Gasteiger partial charge on any atom is -0.391 e. The maximum absolute atomic E-state index is 12.9. The molecule has 0 saturated heterocycles. The van der Waals surface area contributed by atoms with Gasteiger partial charge in [-0.1, -0.05) is 13.8 Å². The van der Waals surface area contributed by atoms with Gasteiger partial charge in [0.15, 0.2) is 0 Å². The van der Waals surface area contributed by atoms with Crippen molar-refractivity contribution in [3.05, 3.63) is 0 Å². The number of alkyl halides is 2. The van der Waals surface area contributed by atoms with Crippen LogP contribution in [0.5, 0.6) is 0 Å². The molecule has 18 heavy (non-hydrogen) atoms. The average Bonchev–Trinajstić information content (AvgIpc) is 2.25. The van der Waals surface area contributed by atoms with E-state index in [0.717, 1.165) is 0 Å². The van der Waals surface area contributed by atoms with Crippen LogP contribution >= 0.6 is 0 Å². The third kappa shape index (κ3) is 5.29. The molecule has 3 nitrogen and oxygen atoms in total. The summed E-state index contributed by atoms with van der Waals surface area (Å²) in [6, 6.07) is 0. The van der Waals surface area contributed by atoms with Crippen molar-refractivity contribution in [1.29, 1.82) is 0 Å². The Morgan fingerprint density at radius 3 is 2.44 bits per heavy atom. The summed E-state index contributed by atoms with van der Waals surface area (Å²) in [5.74, 6) is -2.76. The standard InChI is InChI=1S/C13H23F2NO2/c1-9(2)7-11(17)8-16-12(18)10-3-5-13(14,15)6-4-10/h9-11,17H,3-8H2,1-2H3,(H,16,18). The van der Waals surface area contributed by atoms with Crippen LogP contribution in [0, 0.1) is 11.8 Å². The van der Waals surface area contributed by atoms with E-state index in [1.54, 1.807) is 0 Å². The number of hydrogen-bond donors (Lipinski definition) is 2. The molecule has 1 aliphatic rings. The van der Waals surface area contributed by atoms with Crippen LogP contribution in [0.25, 0.3) is 0 Å². The molecule has 1 atom stereocenters. The molecule has 0 aliphatic heterocycles. The molecule has 1 saturated carbocycles. The van der Waals surface area contributed by atoms with Gasteiger partial charge >= 0.3 is 0 Å². The van der Waals surface area contributed by atoms with Crippen molar-refractivity contribution in [2.24, 2.45) is 11.8 Å². The molecular formula is C13H23F2NO2. The maximum Gasteiger partial charge on any atom is 0.248 e. The first kappa shape index (κ1) is 15.3. The van der Waals surface area contributed by atoms with Crippen LogP contribution in [0.1, 0.15) is 46.0 Å². The molecule has 2 N–H and O–H groups in total. The van der Waals surface area contributed by atoms with Gasteiger partial charge in [-0.15, -0.1) is 0 Å². The normalized spacial score (nSPS) is 21.9. The van der Waals surface area contributed by atoms with E-state index < -0.39 is 12.0 Å². The van der Waals surface area contributed by atoms with E-state index in [1.165, 1.54) is 0 Å². The number of aliphatic hydroxyl groups is 1. The van der Waals surface area contributed by atoms with Crippen molar-refractivity contribution in [3.8, 4) is 0 Å². The Hall–Kier alpha value is -0.710. The predicted molar refractivity (Wildman–Crippen MR) is 65.4 cm³/mol.